The summed E-state index contributed by atoms with van der Waals surface area (Å²) in [6, 6.07) is 4.75. The first-order valence-electron chi connectivity index (χ1n) is 8.77. The second kappa shape index (κ2) is 5.93. The van der Waals surface area contributed by atoms with Crippen molar-refractivity contribution in [2.75, 3.05) is 13.1 Å². The molecular weight excluding hydrogens is 308 g/mol. The number of aryl methyl sites for hydroxylation is 1. The first-order chi connectivity index (χ1) is 11.1. The fourth-order valence-electron chi connectivity index (χ4n) is 3.58. The number of nitrogens with one attached hydrogen (secondary N) is 1. The standard InChI is InChI=1S/C18H24N2O2S/c1-11-2-5-16(23-11)14-10-15(14)18(22)20-8-6-12(7-9-20)17(21)19-13-3-4-13/h2,5,12-15H,3-4,6-10H2,1H3,(H,19,21)/t14-,15+/m0/s1. The Morgan fingerprint density at radius 1 is 1.17 bits per heavy atom. The van der Waals surface area contributed by atoms with Crippen LogP contribution in [-0.2, 0) is 9.59 Å². The van der Waals surface area contributed by atoms with Crippen molar-refractivity contribution < 1.29 is 9.59 Å². The number of likely N-dealkylation sites (tertiary alicyclic amines) is 1. The molecule has 1 N–H and O–H groups in total. The van der Waals surface area contributed by atoms with Gasteiger partial charge in [-0.2, -0.15) is 0 Å². The third kappa shape index (κ3) is 3.30. The molecule has 0 unspecified atom stereocenters. The van der Waals surface area contributed by atoms with Crippen molar-refractivity contribution in [3.05, 3.63) is 21.9 Å². The summed E-state index contributed by atoms with van der Waals surface area (Å²) in [7, 11) is 0. The van der Waals surface area contributed by atoms with Crippen molar-refractivity contribution in [2.45, 2.75) is 51.0 Å². The van der Waals surface area contributed by atoms with Crippen LogP contribution in [-0.4, -0.2) is 35.8 Å². The normalized spacial score (nSPS) is 27.8. The highest BCUT2D eigenvalue weighted by molar-refractivity contribution is 7.12. The van der Waals surface area contributed by atoms with Crippen LogP contribution in [0.3, 0.4) is 0 Å². The molecule has 1 aromatic rings. The molecule has 2 heterocycles. The zero-order valence-corrected chi connectivity index (χ0v) is 14.4. The van der Waals surface area contributed by atoms with Crippen LogP contribution in [0.2, 0.25) is 0 Å². The van der Waals surface area contributed by atoms with Crippen LogP contribution >= 0.6 is 11.3 Å². The van der Waals surface area contributed by atoms with Crippen LogP contribution in [0.4, 0.5) is 0 Å². The molecule has 3 aliphatic rings. The van der Waals surface area contributed by atoms with E-state index in [9.17, 15) is 9.59 Å². The number of carbonyl (C=O) groups is 2. The quantitative estimate of drug-likeness (QED) is 0.921. The monoisotopic (exact) mass is 332 g/mol. The van der Waals surface area contributed by atoms with Crippen molar-refractivity contribution in [2.24, 2.45) is 11.8 Å². The largest absolute Gasteiger partial charge is 0.353 e. The van der Waals surface area contributed by atoms with Crippen LogP contribution in [0.15, 0.2) is 12.1 Å². The van der Waals surface area contributed by atoms with Crippen molar-refractivity contribution in [1.82, 2.24) is 10.2 Å². The lowest BCUT2D eigenvalue weighted by Gasteiger charge is -2.31. The maximum absolute atomic E-state index is 12.6. The number of hydrogen-bond acceptors (Lipinski definition) is 3. The molecule has 23 heavy (non-hydrogen) atoms. The summed E-state index contributed by atoms with van der Waals surface area (Å²) in [6.07, 6.45) is 4.91. The number of thiophene rings is 1. The lowest BCUT2D eigenvalue weighted by Crippen LogP contribution is -2.44. The van der Waals surface area contributed by atoms with Gasteiger partial charge in [-0.3, -0.25) is 9.59 Å². The third-order valence-corrected chi connectivity index (χ3v) is 6.47. The summed E-state index contributed by atoms with van der Waals surface area (Å²) < 4.78 is 0. The first-order valence-corrected chi connectivity index (χ1v) is 9.59. The molecule has 2 aliphatic carbocycles. The van der Waals surface area contributed by atoms with Crippen molar-refractivity contribution >= 4 is 23.2 Å². The van der Waals surface area contributed by atoms with Gasteiger partial charge in [-0.1, -0.05) is 0 Å². The maximum atomic E-state index is 12.6. The molecule has 124 valence electrons. The van der Waals surface area contributed by atoms with Gasteiger partial charge in [0, 0.05) is 46.6 Å². The van der Waals surface area contributed by atoms with E-state index in [1.807, 2.05) is 16.2 Å². The van der Waals surface area contributed by atoms with Gasteiger partial charge in [-0.25, -0.2) is 0 Å². The molecule has 0 bridgehead atoms. The van der Waals surface area contributed by atoms with Gasteiger partial charge in [-0.15, -0.1) is 11.3 Å². The number of rotatable bonds is 4. The number of nitrogens with zero attached hydrogens (tertiary/aromatic N) is 1. The predicted molar refractivity (Wildman–Crippen MR) is 90.4 cm³/mol. The summed E-state index contributed by atoms with van der Waals surface area (Å²) in [5.74, 6) is 1.25. The van der Waals surface area contributed by atoms with Gasteiger partial charge >= 0.3 is 0 Å². The minimum absolute atomic E-state index is 0.106. The number of hydrogen-bond donors (Lipinski definition) is 1. The Morgan fingerprint density at radius 2 is 1.91 bits per heavy atom. The van der Waals surface area contributed by atoms with Crippen molar-refractivity contribution in [3.8, 4) is 0 Å². The molecule has 2 saturated carbocycles. The maximum Gasteiger partial charge on any atom is 0.226 e. The minimum atomic E-state index is 0.106. The molecule has 3 fully saturated rings. The molecule has 2 atom stereocenters. The van der Waals surface area contributed by atoms with Gasteiger partial charge in [0.1, 0.15) is 0 Å². The third-order valence-electron chi connectivity index (χ3n) is 5.34. The van der Waals surface area contributed by atoms with E-state index >= 15 is 0 Å². The van der Waals surface area contributed by atoms with Gasteiger partial charge in [0.2, 0.25) is 11.8 Å². The van der Waals surface area contributed by atoms with E-state index in [0.717, 1.165) is 45.2 Å². The Balaban J connectivity index is 1.27. The highest BCUT2D eigenvalue weighted by atomic mass is 32.1. The van der Waals surface area contributed by atoms with Crippen LogP contribution in [0.1, 0.15) is 47.8 Å². The van der Waals surface area contributed by atoms with Gasteiger partial charge in [0.05, 0.1) is 0 Å². The topological polar surface area (TPSA) is 49.4 Å². The molecule has 1 aromatic heterocycles. The average Bonchev–Trinajstić information content (AvgIpc) is 3.47. The van der Waals surface area contributed by atoms with Crippen LogP contribution in [0, 0.1) is 18.8 Å². The number of amides is 2. The second-order valence-electron chi connectivity index (χ2n) is 7.28. The van der Waals surface area contributed by atoms with E-state index < -0.39 is 0 Å². The Hall–Kier alpha value is -1.36. The predicted octanol–water partition coefficient (Wildman–Crippen LogP) is 2.68. The number of piperidine rings is 1. The second-order valence-corrected chi connectivity index (χ2v) is 8.60. The summed E-state index contributed by atoms with van der Waals surface area (Å²) in [6.45, 7) is 3.60. The highest BCUT2D eigenvalue weighted by Gasteiger charge is 2.47. The highest BCUT2D eigenvalue weighted by Crippen LogP contribution is 2.50. The molecule has 0 aromatic carbocycles. The minimum Gasteiger partial charge on any atom is -0.353 e. The summed E-state index contributed by atoms with van der Waals surface area (Å²) in [5.41, 5.74) is 0. The van der Waals surface area contributed by atoms with Crippen molar-refractivity contribution in [1.29, 1.82) is 0 Å². The smallest absolute Gasteiger partial charge is 0.226 e. The molecule has 0 radical (unpaired) electrons. The fraction of sp³-hybridized carbons (Fsp3) is 0.667. The Labute approximate surface area is 141 Å². The van der Waals surface area contributed by atoms with Gasteiger partial charge in [0.15, 0.2) is 0 Å². The molecule has 2 amide bonds. The SMILES string of the molecule is Cc1ccc([C@H]2C[C@H]2C(=O)N2CCC(C(=O)NC3CC3)CC2)s1. The van der Waals surface area contributed by atoms with E-state index in [0.29, 0.717) is 17.9 Å². The summed E-state index contributed by atoms with van der Waals surface area (Å²) >= 11 is 1.82. The molecule has 4 nitrogen and oxygen atoms in total. The fourth-order valence-corrected chi connectivity index (χ4v) is 4.63. The zero-order valence-electron chi connectivity index (χ0n) is 13.6. The van der Waals surface area contributed by atoms with E-state index in [1.165, 1.54) is 9.75 Å². The molecule has 4 rings (SSSR count). The first kappa shape index (κ1) is 15.2. The Kier molecular flexibility index (Phi) is 3.92. The molecule has 0 spiro atoms. The van der Waals surface area contributed by atoms with Gasteiger partial charge < -0.3 is 10.2 Å². The molecule has 1 aliphatic heterocycles. The van der Waals surface area contributed by atoms with Gasteiger partial charge in [-0.05, 0) is 51.2 Å². The van der Waals surface area contributed by atoms with E-state index in [2.05, 4.69) is 24.4 Å². The summed E-state index contributed by atoms with van der Waals surface area (Å²) in [5, 5.41) is 3.09. The van der Waals surface area contributed by atoms with Crippen LogP contribution in [0.25, 0.3) is 0 Å². The number of carbonyl (C=O) groups excluding carboxylic acids is 2. The van der Waals surface area contributed by atoms with E-state index in [-0.39, 0.29) is 17.7 Å². The van der Waals surface area contributed by atoms with E-state index in [4.69, 9.17) is 0 Å². The molecule has 1 saturated heterocycles. The molecule has 5 heteroatoms. The van der Waals surface area contributed by atoms with Gasteiger partial charge in [0.25, 0.3) is 0 Å². The lowest BCUT2D eigenvalue weighted by molar-refractivity contribution is -0.136. The zero-order chi connectivity index (χ0) is 16.0. The Morgan fingerprint density at radius 3 is 2.52 bits per heavy atom. The summed E-state index contributed by atoms with van der Waals surface area (Å²) in [4.78, 5) is 29.4. The van der Waals surface area contributed by atoms with Crippen molar-refractivity contribution in [3.63, 3.8) is 0 Å². The molecular formula is C18H24N2O2S. The van der Waals surface area contributed by atoms with Crippen LogP contribution < -0.4 is 5.32 Å². The average molecular weight is 332 g/mol. The van der Waals surface area contributed by atoms with Crippen LogP contribution in [0.5, 0.6) is 0 Å². The van der Waals surface area contributed by atoms with E-state index in [1.54, 1.807) is 0 Å². The lowest BCUT2D eigenvalue weighted by atomic mass is 9.95. The Bertz CT molecular complexity index is 614.